The Morgan fingerprint density at radius 2 is 1.86 bits per heavy atom. The number of fused-ring (bicyclic) bond motifs is 1. The molecule has 1 amide bonds. The molecule has 3 aromatic rings. The highest BCUT2D eigenvalue weighted by Gasteiger charge is 2.30. The first-order valence-corrected chi connectivity index (χ1v) is 11.3. The van der Waals surface area contributed by atoms with Crippen LogP contribution >= 0.6 is 0 Å². The minimum atomic E-state index is -0.719. The van der Waals surface area contributed by atoms with Crippen molar-refractivity contribution >= 4 is 28.2 Å². The first-order chi connectivity index (χ1) is 14.2. The quantitative estimate of drug-likeness (QED) is 0.700. The highest BCUT2D eigenvalue weighted by atomic mass is 32.2. The fourth-order valence-electron chi connectivity index (χ4n) is 3.43. The van der Waals surface area contributed by atoms with E-state index in [2.05, 4.69) is 10.3 Å². The monoisotopic (exact) mass is 410 g/mol. The van der Waals surface area contributed by atoms with Crippen LogP contribution in [0.25, 0.3) is 16.9 Å². The van der Waals surface area contributed by atoms with E-state index in [-0.39, 0.29) is 11.8 Å². The molecule has 7 nitrogen and oxygen atoms in total. The van der Waals surface area contributed by atoms with E-state index in [0.29, 0.717) is 30.4 Å². The maximum Gasteiger partial charge on any atom is 0.228 e. The summed E-state index contributed by atoms with van der Waals surface area (Å²) in [5.74, 6) is 2.85. The number of hydrogen-bond acceptors (Lipinski definition) is 5. The molecule has 2 aromatic heterocycles. The van der Waals surface area contributed by atoms with Crippen LogP contribution in [-0.4, -0.2) is 49.2 Å². The first-order valence-electron chi connectivity index (χ1n) is 9.83. The Balaban J connectivity index is 1.35. The van der Waals surface area contributed by atoms with Gasteiger partial charge in [-0.15, -0.1) is 5.06 Å². The number of rotatable bonds is 5. The molecule has 1 aliphatic heterocycles. The number of amides is 1. The Kier molecular flexibility index (Phi) is 4.81. The fourth-order valence-corrected chi connectivity index (χ4v) is 4.45. The summed E-state index contributed by atoms with van der Waals surface area (Å²) in [5.41, 5.74) is 2.80. The van der Waals surface area contributed by atoms with Crippen LogP contribution in [0.5, 0.6) is 5.75 Å². The first kappa shape index (κ1) is 18.3. The van der Waals surface area contributed by atoms with E-state index in [9.17, 15) is 9.00 Å². The van der Waals surface area contributed by atoms with Crippen LogP contribution in [0.2, 0.25) is 0 Å². The molecule has 150 valence electrons. The largest absolute Gasteiger partial charge is 0.406 e. The molecule has 1 N–H and O–H groups in total. The van der Waals surface area contributed by atoms with Gasteiger partial charge in [0.25, 0.3) is 0 Å². The molecule has 0 atom stereocenters. The maximum atomic E-state index is 12.0. The van der Waals surface area contributed by atoms with Crippen LogP contribution in [0.15, 0.2) is 48.7 Å². The maximum absolute atomic E-state index is 12.0. The number of nitrogens with zero attached hydrogens (tertiary/aromatic N) is 3. The normalized spacial score (nSPS) is 18.1. The Morgan fingerprint density at radius 3 is 2.59 bits per heavy atom. The lowest BCUT2D eigenvalue weighted by atomic mass is 10.1. The molecule has 1 saturated carbocycles. The lowest BCUT2D eigenvalue weighted by Gasteiger charge is -2.25. The van der Waals surface area contributed by atoms with Crippen molar-refractivity contribution in [1.29, 1.82) is 0 Å². The number of aromatic nitrogens is 2. The van der Waals surface area contributed by atoms with E-state index < -0.39 is 10.8 Å². The van der Waals surface area contributed by atoms with E-state index in [1.54, 1.807) is 0 Å². The summed E-state index contributed by atoms with van der Waals surface area (Å²) in [7, 11) is -0.719. The molecule has 29 heavy (non-hydrogen) atoms. The van der Waals surface area contributed by atoms with E-state index in [1.807, 2.05) is 58.1 Å². The zero-order valence-corrected chi connectivity index (χ0v) is 16.7. The summed E-state index contributed by atoms with van der Waals surface area (Å²) in [6, 6.07) is 13.8. The van der Waals surface area contributed by atoms with E-state index in [1.165, 1.54) is 0 Å². The third-order valence-electron chi connectivity index (χ3n) is 5.21. The number of carbonyl (C=O) groups is 1. The minimum Gasteiger partial charge on any atom is -0.406 e. The van der Waals surface area contributed by atoms with Gasteiger partial charge in [-0.3, -0.25) is 13.4 Å². The van der Waals surface area contributed by atoms with E-state index in [0.717, 1.165) is 35.5 Å². The van der Waals surface area contributed by atoms with Gasteiger partial charge in [0.1, 0.15) is 11.4 Å². The van der Waals surface area contributed by atoms with Gasteiger partial charge in [0.15, 0.2) is 5.82 Å². The molecule has 8 heteroatoms. The molecular formula is C21H22N4O3S. The number of carbonyl (C=O) groups excluding carboxylic acids is 1. The molecule has 3 heterocycles. The molecule has 5 rings (SSSR count). The lowest BCUT2D eigenvalue weighted by Crippen LogP contribution is -2.39. The van der Waals surface area contributed by atoms with Crippen molar-refractivity contribution in [3.63, 3.8) is 0 Å². The van der Waals surface area contributed by atoms with Gasteiger partial charge in [-0.2, -0.15) is 0 Å². The standard InChI is InChI=1S/C21H22N4O3S/c26-21(16-4-5-16)23-19-14-25-18(2-1-3-20(25)22-19)15-6-8-17(9-7-15)28-24-10-12-29(27)13-11-24/h1-3,6-9,14,16H,4-5,10-13H2,(H,23,26). The van der Waals surface area contributed by atoms with Crippen LogP contribution in [0.1, 0.15) is 12.8 Å². The number of benzene rings is 1. The number of hydrogen-bond donors (Lipinski definition) is 1. The van der Waals surface area contributed by atoms with Gasteiger partial charge in [0.05, 0.1) is 11.9 Å². The van der Waals surface area contributed by atoms with Crippen molar-refractivity contribution in [3.8, 4) is 17.0 Å². The summed E-state index contributed by atoms with van der Waals surface area (Å²) in [6.45, 7) is 1.36. The van der Waals surface area contributed by atoms with Crippen LogP contribution < -0.4 is 10.2 Å². The molecule has 0 bridgehead atoms. The van der Waals surface area contributed by atoms with Crippen molar-refractivity contribution in [3.05, 3.63) is 48.7 Å². The summed E-state index contributed by atoms with van der Waals surface area (Å²) < 4.78 is 13.4. The van der Waals surface area contributed by atoms with Crippen LogP contribution in [0.4, 0.5) is 5.82 Å². The van der Waals surface area contributed by atoms with E-state index >= 15 is 0 Å². The molecule has 2 aliphatic rings. The van der Waals surface area contributed by atoms with Gasteiger partial charge in [0.2, 0.25) is 5.91 Å². The predicted octanol–water partition coefficient (Wildman–Crippen LogP) is 2.71. The summed E-state index contributed by atoms with van der Waals surface area (Å²) in [4.78, 5) is 22.4. The molecule has 0 unspecified atom stereocenters. The Labute approximate surface area is 171 Å². The molecule has 2 fully saturated rings. The number of pyridine rings is 1. The number of anilines is 1. The number of hydroxylamine groups is 2. The van der Waals surface area contributed by atoms with Gasteiger partial charge in [0, 0.05) is 41.3 Å². The number of nitrogens with one attached hydrogen (secondary N) is 1. The highest BCUT2D eigenvalue weighted by molar-refractivity contribution is 7.85. The summed E-state index contributed by atoms with van der Waals surface area (Å²) in [6.07, 6.45) is 3.80. The zero-order chi connectivity index (χ0) is 19.8. The molecule has 0 radical (unpaired) electrons. The van der Waals surface area contributed by atoms with Gasteiger partial charge >= 0.3 is 0 Å². The fraction of sp³-hybridized carbons (Fsp3) is 0.333. The Bertz CT molecular complexity index is 1070. The second-order valence-corrected chi connectivity index (χ2v) is 9.12. The number of imidazole rings is 1. The highest BCUT2D eigenvalue weighted by Crippen LogP contribution is 2.30. The Hall–Kier alpha value is -2.71. The average molecular weight is 410 g/mol. The van der Waals surface area contributed by atoms with E-state index in [4.69, 9.17) is 4.84 Å². The predicted molar refractivity (Wildman–Crippen MR) is 112 cm³/mol. The van der Waals surface area contributed by atoms with Crippen LogP contribution in [0.3, 0.4) is 0 Å². The summed E-state index contributed by atoms with van der Waals surface area (Å²) >= 11 is 0. The SMILES string of the molecule is O=C(Nc1cn2c(-c3ccc(ON4CCS(=O)CC4)cc3)cccc2n1)C1CC1. The molecular weight excluding hydrogens is 388 g/mol. The van der Waals surface area contributed by atoms with Gasteiger partial charge in [-0.1, -0.05) is 6.07 Å². The van der Waals surface area contributed by atoms with Crippen molar-refractivity contribution in [2.75, 3.05) is 29.9 Å². The molecule has 0 spiro atoms. The van der Waals surface area contributed by atoms with Gasteiger partial charge in [-0.25, -0.2) is 4.98 Å². The minimum absolute atomic E-state index is 0.0537. The smallest absolute Gasteiger partial charge is 0.228 e. The van der Waals surface area contributed by atoms with Gasteiger partial charge < -0.3 is 10.2 Å². The molecule has 1 aromatic carbocycles. The van der Waals surface area contributed by atoms with Crippen molar-refractivity contribution in [2.24, 2.45) is 5.92 Å². The van der Waals surface area contributed by atoms with Crippen LogP contribution in [0, 0.1) is 5.92 Å². The Morgan fingerprint density at radius 1 is 1.10 bits per heavy atom. The zero-order valence-electron chi connectivity index (χ0n) is 15.9. The molecule has 1 saturated heterocycles. The van der Waals surface area contributed by atoms with Crippen molar-refractivity contribution < 1.29 is 13.8 Å². The summed E-state index contributed by atoms with van der Waals surface area (Å²) in [5, 5.41) is 4.77. The van der Waals surface area contributed by atoms with Crippen molar-refractivity contribution in [2.45, 2.75) is 12.8 Å². The third kappa shape index (κ3) is 4.04. The second kappa shape index (κ2) is 7.61. The van der Waals surface area contributed by atoms with Gasteiger partial charge in [-0.05, 0) is 54.8 Å². The van der Waals surface area contributed by atoms with Crippen molar-refractivity contribution in [1.82, 2.24) is 14.4 Å². The lowest BCUT2D eigenvalue weighted by molar-refractivity contribution is -0.117. The van der Waals surface area contributed by atoms with Crippen LogP contribution in [-0.2, 0) is 15.6 Å². The average Bonchev–Trinajstić information content (AvgIpc) is 3.50. The molecule has 1 aliphatic carbocycles. The third-order valence-corrected chi connectivity index (χ3v) is 6.49. The topological polar surface area (TPSA) is 75.9 Å². The second-order valence-electron chi connectivity index (χ2n) is 7.42.